The van der Waals surface area contributed by atoms with Crippen molar-refractivity contribution in [1.29, 1.82) is 0 Å². The number of benzene rings is 2. The molecule has 2 aromatic carbocycles. The second kappa shape index (κ2) is 9.30. The molecule has 2 aromatic heterocycles. The molecular formula is C24H21N3O7. The Kier molecular flexibility index (Phi) is 6.26. The standard InChI is InChI=1S/C24H21N3O7/c1-26-10-18(15-5-2-3-7-19(15)26)17-9-25-23(20(31)12-29)22(17)16-6-4-8-21(24(16)27(32)33)34-13-14(30)11-28/h2-10,12,14,25,28,30H,11,13H2,1H3. The van der Waals surface area contributed by atoms with Crippen molar-refractivity contribution in [3.05, 3.63) is 70.7 Å². The van der Waals surface area contributed by atoms with E-state index in [1.165, 1.54) is 18.2 Å². The number of hydrogen-bond donors (Lipinski definition) is 3. The van der Waals surface area contributed by atoms with Crippen molar-refractivity contribution in [2.45, 2.75) is 6.10 Å². The highest BCUT2D eigenvalue weighted by atomic mass is 16.6. The van der Waals surface area contributed by atoms with Crippen molar-refractivity contribution in [2.75, 3.05) is 13.2 Å². The maximum Gasteiger partial charge on any atom is 0.318 e. The fourth-order valence-electron chi connectivity index (χ4n) is 3.99. The molecule has 10 nitrogen and oxygen atoms in total. The number of carbonyl (C=O) groups excluding carboxylic acids is 2. The second-order valence-electron chi connectivity index (χ2n) is 7.66. The first-order chi connectivity index (χ1) is 16.4. The summed E-state index contributed by atoms with van der Waals surface area (Å²) in [5.74, 6) is -1.01. The predicted molar refractivity (Wildman–Crippen MR) is 124 cm³/mol. The van der Waals surface area contributed by atoms with Crippen molar-refractivity contribution in [3.8, 4) is 28.0 Å². The predicted octanol–water partition coefficient (Wildman–Crippen LogP) is 2.86. The van der Waals surface area contributed by atoms with E-state index < -0.39 is 29.1 Å². The smallest absolute Gasteiger partial charge is 0.318 e. The minimum atomic E-state index is -1.23. The zero-order valence-electron chi connectivity index (χ0n) is 18.1. The van der Waals surface area contributed by atoms with Gasteiger partial charge in [0.1, 0.15) is 12.7 Å². The summed E-state index contributed by atoms with van der Waals surface area (Å²) in [4.78, 5) is 38.1. The number of para-hydroxylation sites is 2. The summed E-state index contributed by atoms with van der Waals surface area (Å²) in [6, 6.07) is 11.9. The second-order valence-corrected chi connectivity index (χ2v) is 7.66. The molecule has 2 heterocycles. The molecule has 1 unspecified atom stereocenters. The molecule has 0 saturated heterocycles. The fraction of sp³-hybridized carbons (Fsp3) is 0.167. The van der Waals surface area contributed by atoms with Crippen molar-refractivity contribution in [3.63, 3.8) is 0 Å². The van der Waals surface area contributed by atoms with E-state index in [9.17, 15) is 24.8 Å². The summed E-state index contributed by atoms with van der Waals surface area (Å²) >= 11 is 0. The van der Waals surface area contributed by atoms with Gasteiger partial charge >= 0.3 is 5.69 Å². The number of nitro groups is 1. The number of nitrogens with one attached hydrogen (secondary N) is 1. The third-order valence-corrected chi connectivity index (χ3v) is 5.51. The van der Waals surface area contributed by atoms with Gasteiger partial charge in [-0.25, -0.2) is 0 Å². The largest absolute Gasteiger partial charge is 0.484 e. The minimum absolute atomic E-state index is 0.0652. The molecule has 0 fully saturated rings. The Labute approximate surface area is 193 Å². The van der Waals surface area contributed by atoms with Gasteiger partial charge in [-0.15, -0.1) is 0 Å². The SMILES string of the molecule is Cn1cc(-c2c[nH]c(C(=O)C=O)c2-c2cccc(OCC(O)CO)c2[N+](=O)[O-])c2ccccc21. The highest BCUT2D eigenvalue weighted by Gasteiger charge is 2.30. The number of H-pyrrole nitrogens is 1. The van der Waals surface area contributed by atoms with E-state index in [0.717, 1.165) is 10.9 Å². The van der Waals surface area contributed by atoms with Crippen LogP contribution >= 0.6 is 0 Å². The molecule has 0 bridgehead atoms. The fourth-order valence-corrected chi connectivity index (χ4v) is 3.99. The number of aryl methyl sites for hydroxylation is 1. The number of aliphatic hydroxyl groups excluding tert-OH is 2. The number of aromatic nitrogens is 2. The highest BCUT2D eigenvalue weighted by Crippen LogP contribution is 2.45. The molecule has 10 heteroatoms. The van der Waals surface area contributed by atoms with E-state index >= 15 is 0 Å². The van der Waals surface area contributed by atoms with Gasteiger partial charge in [0, 0.05) is 47.0 Å². The molecule has 174 valence electrons. The first-order valence-electron chi connectivity index (χ1n) is 10.3. The number of hydrogen-bond acceptors (Lipinski definition) is 7. The van der Waals surface area contributed by atoms with E-state index in [-0.39, 0.29) is 35.5 Å². The third-order valence-electron chi connectivity index (χ3n) is 5.51. The number of carbonyl (C=O) groups is 2. The summed E-state index contributed by atoms with van der Waals surface area (Å²) < 4.78 is 7.31. The molecule has 0 spiro atoms. The maximum atomic E-state index is 12.5. The van der Waals surface area contributed by atoms with Gasteiger partial charge in [0.25, 0.3) is 0 Å². The van der Waals surface area contributed by atoms with E-state index in [4.69, 9.17) is 9.84 Å². The quantitative estimate of drug-likeness (QED) is 0.114. The first kappa shape index (κ1) is 22.9. The van der Waals surface area contributed by atoms with Crippen LogP contribution in [0.5, 0.6) is 5.75 Å². The number of nitrogens with zero attached hydrogens (tertiary/aromatic N) is 2. The van der Waals surface area contributed by atoms with Crippen LogP contribution in [0.15, 0.2) is 54.9 Å². The van der Waals surface area contributed by atoms with Crippen LogP contribution in [0.3, 0.4) is 0 Å². The first-order valence-corrected chi connectivity index (χ1v) is 10.3. The molecule has 34 heavy (non-hydrogen) atoms. The topological polar surface area (TPSA) is 148 Å². The number of Topliss-reactive ketones (excluding diaryl/α,β-unsaturated/α-hetero) is 1. The van der Waals surface area contributed by atoms with Gasteiger partial charge < -0.3 is 24.5 Å². The van der Waals surface area contributed by atoms with Crippen LogP contribution in [-0.2, 0) is 11.8 Å². The molecule has 3 N–H and O–H groups in total. The molecule has 0 amide bonds. The van der Waals surface area contributed by atoms with Crippen molar-refractivity contribution in [1.82, 2.24) is 9.55 Å². The summed E-state index contributed by atoms with van der Waals surface area (Å²) in [6.45, 7) is -0.946. The molecule has 1 atom stereocenters. The van der Waals surface area contributed by atoms with E-state index in [1.54, 1.807) is 6.20 Å². The average molecular weight is 463 g/mol. The number of rotatable bonds is 9. The highest BCUT2D eigenvalue weighted by molar-refractivity contribution is 6.35. The summed E-state index contributed by atoms with van der Waals surface area (Å²) in [7, 11) is 1.86. The van der Waals surface area contributed by atoms with Crippen molar-refractivity contribution >= 4 is 28.7 Å². The number of ketones is 1. The van der Waals surface area contributed by atoms with Gasteiger partial charge in [-0.3, -0.25) is 19.7 Å². The Balaban J connectivity index is 1.99. The van der Waals surface area contributed by atoms with Crippen LogP contribution in [0.1, 0.15) is 10.5 Å². The van der Waals surface area contributed by atoms with Gasteiger partial charge in [-0.05, 0) is 18.2 Å². The van der Waals surface area contributed by atoms with Gasteiger partial charge in [-0.1, -0.05) is 24.3 Å². The van der Waals surface area contributed by atoms with E-state index in [1.807, 2.05) is 42.1 Å². The van der Waals surface area contributed by atoms with Crippen LogP contribution in [0.25, 0.3) is 33.2 Å². The molecule has 0 aliphatic carbocycles. The number of ether oxygens (including phenoxy) is 1. The van der Waals surface area contributed by atoms with Crippen molar-refractivity contribution < 1.29 is 29.5 Å². The van der Waals surface area contributed by atoms with Crippen molar-refractivity contribution in [2.24, 2.45) is 7.05 Å². The Morgan fingerprint density at radius 3 is 2.68 bits per heavy atom. The molecule has 4 rings (SSSR count). The zero-order chi connectivity index (χ0) is 24.4. The van der Waals surface area contributed by atoms with Gasteiger partial charge in [0.2, 0.25) is 5.78 Å². The number of aromatic amines is 1. The Morgan fingerprint density at radius 2 is 1.97 bits per heavy atom. The maximum absolute atomic E-state index is 12.5. The van der Waals surface area contributed by atoms with Crippen LogP contribution < -0.4 is 4.74 Å². The minimum Gasteiger partial charge on any atom is -0.484 e. The van der Waals surface area contributed by atoms with Gasteiger partial charge in [-0.2, -0.15) is 0 Å². The number of aldehydes is 1. The molecule has 0 radical (unpaired) electrons. The Hall–Kier alpha value is -4.28. The van der Waals surface area contributed by atoms with Gasteiger partial charge in [0.15, 0.2) is 12.0 Å². The third kappa shape index (κ3) is 3.96. The lowest BCUT2D eigenvalue weighted by molar-refractivity contribution is -0.385. The lowest BCUT2D eigenvalue weighted by atomic mass is 9.94. The summed E-state index contributed by atoms with van der Waals surface area (Å²) in [5, 5.41) is 31.6. The Morgan fingerprint density at radius 1 is 1.21 bits per heavy atom. The normalized spacial score (nSPS) is 12.0. The molecule has 0 saturated carbocycles. The molecule has 4 aromatic rings. The average Bonchev–Trinajstić information content (AvgIpc) is 3.43. The van der Waals surface area contributed by atoms with Crippen LogP contribution in [0.4, 0.5) is 5.69 Å². The number of aliphatic hydroxyl groups is 2. The van der Waals surface area contributed by atoms with E-state index in [2.05, 4.69) is 4.98 Å². The zero-order valence-corrected chi connectivity index (χ0v) is 18.1. The molecule has 0 aliphatic rings. The van der Waals surface area contributed by atoms with Crippen LogP contribution in [0, 0.1) is 10.1 Å². The summed E-state index contributed by atoms with van der Waals surface area (Å²) in [5.41, 5.74) is 1.85. The Bertz CT molecular complexity index is 1400. The van der Waals surface area contributed by atoms with Crippen LogP contribution in [0.2, 0.25) is 0 Å². The number of nitro benzene ring substituents is 1. The molecule has 0 aliphatic heterocycles. The number of fused-ring (bicyclic) bond motifs is 1. The summed E-state index contributed by atoms with van der Waals surface area (Å²) in [6.07, 6.45) is 2.30. The monoisotopic (exact) mass is 463 g/mol. The van der Waals surface area contributed by atoms with Crippen LogP contribution in [-0.4, -0.2) is 56.1 Å². The lowest BCUT2D eigenvalue weighted by Crippen LogP contribution is -2.21. The van der Waals surface area contributed by atoms with Gasteiger partial charge in [0.05, 0.1) is 22.8 Å². The van der Waals surface area contributed by atoms with E-state index in [0.29, 0.717) is 11.1 Å². The molecular weight excluding hydrogens is 442 g/mol. The lowest BCUT2D eigenvalue weighted by Gasteiger charge is -2.13.